The van der Waals surface area contributed by atoms with E-state index in [2.05, 4.69) is 54.6 Å². The molecular formula is C21H18O2. The largest absolute Gasteiger partial charge is 0.497 e. The Hall–Kier alpha value is -2.74. The number of hydrogen-bond acceptors (Lipinski definition) is 2. The van der Waals surface area contributed by atoms with Crippen LogP contribution in [0.25, 0.3) is 22.3 Å². The van der Waals surface area contributed by atoms with Crippen molar-refractivity contribution in [3.63, 3.8) is 0 Å². The lowest BCUT2D eigenvalue weighted by Gasteiger charge is -2.12. The molecule has 0 bridgehead atoms. The van der Waals surface area contributed by atoms with Gasteiger partial charge in [0.05, 0.1) is 14.2 Å². The van der Waals surface area contributed by atoms with Crippen LogP contribution in [0.15, 0.2) is 60.7 Å². The van der Waals surface area contributed by atoms with Crippen LogP contribution < -0.4 is 9.47 Å². The summed E-state index contributed by atoms with van der Waals surface area (Å²) in [5.74, 6) is 1.62. The molecule has 0 aliphatic heterocycles. The number of ether oxygens (including phenoxy) is 2. The van der Waals surface area contributed by atoms with Crippen LogP contribution in [0.3, 0.4) is 0 Å². The molecule has 0 saturated heterocycles. The van der Waals surface area contributed by atoms with Gasteiger partial charge in [0.25, 0.3) is 0 Å². The van der Waals surface area contributed by atoms with E-state index in [-0.39, 0.29) is 0 Å². The van der Waals surface area contributed by atoms with Crippen molar-refractivity contribution in [1.82, 2.24) is 0 Å². The van der Waals surface area contributed by atoms with Crippen LogP contribution in [0.2, 0.25) is 0 Å². The van der Waals surface area contributed by atoms with Gasteiger partial charge in [0, 0.05) is 6.07 Å². The summed E-state index contributed by atoms with van der Waals surface area (Å²) in [6, 6.07) is 21.2. The number of rotatable bonds is 3. The van der Waals surface area contributed by atoms with Gasteiger partial charge in [-0.3, -0.25) is 0 Å². The molecule has 2 nitrogen and oxygen atoms in total. The molecule has 0 aromatic heterocycles. The maximum absolute atomic E-state index is 5.42. The molecule has 0 radical (unpaired) electrons. The third-order valence-corrected chi connectivity index (χ3v) is 4.51. The standard InChI is InChI=1S/C21H18O2/c1-22-16-10-15(11-17(13-16)23-2)19-8-5-9-20-18-7-4-3-6-14(18)12-21(19)20/h3-11,13H,12H2,1-2H3. The molecule has 3 aromatic rings. The average Bonchev–Trinajstić information content (AvgIpc) is 3.00. The Labute approximate surface area is 136 Å². The van der Waals surface area contributed by atoms with E-state index in [0.717, 1.165) is 23.5 Å². The first kappa shape index (κ1) is 13.9. The van der Waals surface area contributed by atoms with E-state index in [1.807, 2.05) is 6.07 Å². The van der Waals surface area contributed by atoms with Gasteiger partial charge in [-0.25, -0.2) is 0 Å². The summed E-state index contributed by atoms with van der Waals surface area (Å²) >= 11 is 0. The molecule has 4 rings (SSSR count). The van der Waals surface area contributed by atoms with Gasteiger partial charge in [-0.15, -0.1) is 0 Å². The van der Waals surface area contributed by atoms with Gasteiger partial charge in [0.15, 0.2) is 0 Å². The number of methoxy groups -OCH3 is 2. The molecular weight excluding hydrogens is 284 g/mol. The highest BCUT2D eigenvalue weighted by Gasteiger charge is 2.21. The number of hydrogen-bond donors (Lipinski definition) is 0. The van der Waals surface area contributed by atoms with E-state index in [0.29, 0.717) is 0 Å². The lowest BCUT2D eigenvalue weighted by molar-refractivity contribution is 0.394. The van der Waals surface area contributed by atoms with Crippen molar-refractivity contribution in [3.8, 4) is 33.8 Å². The van der Waals surface area contributed by atoms with Gasteiger partial charge in [0.2, 0.25) is 0 Å². The monoisotopic (exact) mass is 302 g/mol. The van der Waals surface area contributed by atoms with Gasteiger partial charge in [-0.1, -0.05) is 42.5 Å². The Morgan fingerprint density at radius 1 is 0.696 bits per heavy atom. The lowest BCUT2D eigenvalue weighted by atomic mass is 9.95. The molecule has 1 aliphatic rings. The van der Waals surface area contributed by atoms with Crippen molar-refractivity contribution in [2.75, 3.05) is 14.2 Å². The van der Waals surface area contributed by atoms with Crippen molar-refractivity contribution in [3.05, 3.63) is 71.8 Å². The Balaban J connectivity index is 1.90. The molecule has 0 heterocycles. The van der Waals surface area contributed by atoms with Gasteiger partial charge in [0.1, 0.15) is 11.5 Å². The number of benzene rings is 3. The predicted molar refractivity (Wildman–Crippen MR) is 93.2 cm³/mol. The van der Waals surface area contributed by atoms with Crippen LogP contribution in [0.4, 0.5) is 0 Å². The SMILES string of the molecule is COc1cc(OC)cc(-c2cccc3c2Cc2ccccc2-3)c1. The molecule has 2 heteroatoms. The highest BCUT2D eigenvalue weighted by Crippen LogP contribution is 2.42. The Bertz CT molecular complexity index is 859. The van der Waals surface area contributed by atoms with E-state index in [1.54, 1.807) is 14.2 Å². The van der Waals surface area contributed by atoms with Crippen molar-refractivity contribution < 1.29 is 9.47 Å². The Morgan fingerprint density at radius 3 is 2.09 bits per heavy atom. The van der Waals surface area contributed by atoms with Crippen molar-refractivity contribution in [1.29, 1.82) is 0 Å². The zero-order valence-electron chi connectivity index (χ0n) is 13.3. The van der Waals surface area contributed by atoms with Crippen molar-refractivity contribution >= 4 is 0 Å². The molecule has 0 N–H and O–H groups in total. The second-order valence-corrected chi connectivity index (χ2v) is 5.77. The van der Waals surface area contributed by atoms with E-state index in [4.69, 9.17) is 9.47 Å². The normalized spacial score (nSPS) is 11.7. The molecule has 0 fully saturated rings. The summed E-state index contributed by atoms with van der Waals surface area (Å²) in [5, 5.41) is 0. The predicted octanol–water partition coefficient (Wildman–Crippen LogP) is 4.94. The van der Waals surface area contributed by atoms with Gasteiger partial charge < -0.3 is 9.47 Å². The summed E-state index contributed by atoms with van der Waals surface area (Å²) in [5.41, 5.74) is 7.83. The molecule has 1 aliphatic carbocycles. The summed E-state index contributed by atoms with van der Waals surface area (Å²) in [6.45, 7) is 0. The molecule has 0 atom stereocenters. The van der Waals surface area contributed by atoms with E-state index >= 15 is 0 Å². The molecule has 0 amide bonds. The first-order valence-corrected chi connectivity index (χ1v) is 7.74. The van der Waals surface area contributed by atoms with Crippen LogP contribution in [0.1, 0.15) is 11.1 Å². The fourth-order valence-electron chi connectivity index (χ4n) is 3.39. The third kappa shape index (κ3) is 2.27. The minimum atomic E-state index is 0.812. The third-order valence-electron chi connectivity index (χ3n) is 4.51. The van der Waals surface area contributed by atoms with E-state index in [1.165, 1.54) is 27.8 Å². The second kappa shape index (κ2) is 5.47. The van der Waals surface area contributed by atoms with Crippen LogP contribution in [-0.2, 0) is 6.42 Å². The van der Waals surface area contributed by atoms with Crippen LogP contribution in [-0.4, -0.2) is 14.2 Å². The highest BCUT2D eigenvalue weighted by atomic mass is 16.5. The zero-order chi connectivity index (χ0) is 15.8. The highest BCUT2D eigenvalue weighted by molar-refractivity contribution is 5.85. The van der Waals surface area contributed by atoms with Crippen molar-refractivity contribution in [2.45, 2.75) is 6.42 Å². The second-order valence-electron chi connectivity index (χ2n) is 5.77. The maximum atomic E-state index is 5.42. The number of fused-ring (bicyclic) bond motifs is 3. The molecule has 3 aromatic carbocycles. The van der Waals surface area contributed by atoms with Crippen LogP contribution in [0, 0.1) is 0 Å². The van der Waals surface area contributed by atoms with Crippen LogP contribution in [0.5, 0.6) is 11.5 Å². The lowest BCUT2D eigenvalue weighted by Crippen LogP contribution is -1.92. The summed E-state index contributed by atoms with van der Waals surface area (Å²) < 4.78 is 10.8. The smallest absolute Gasteiger partial charge is 0.123 e. The van der Waals surface area contributed by atoms with Gasteiger partial charge in [-0.05, 0) is 51.9 Å². The fraction of sp³-hybridized carbons (Fsp3) is 0.143. The minimum Gasteiger partial charge on any atom is -0.497 e. The topological polar surface area (TPSA) is 18.5 Å². The molecule has 114 valence electrons. The molecule has 0 saturated carbocycles. The van der Waals surface area contributed by atoms with Crippen molar-refractivity contribution in [2.24, 2.45) is 0 Å². The zero-order valence-corrected chi connectivity index (χ0v) is 13.3. The van der Waals surface area contributed by atoms with E-state index in [9.17, 15) is 0 Å². The maximum Gasteiger partial charge on any atom is 0.123 e. The Morgan fingerprint density at radius 2 is 1.35 bits per heavy atom. The first-order chi connectivity index (χ1) is 11.3. The minimum absolute atomic E-state index is 0.812. The average molecular weight is 302 g/mol. The quantitative estimate of drug-likeness (QED) is 0.533. The van der Waals surface area contributed by atoms with Crippen LogP contribution >= 0.6 is 0 Å². The summed E-state index contributed by atoms with van der Waals surface area (Å²) in [7, 11) is 3.37. The summed E-state index contributed by atoms with van der Waals surface area (Å²) in [4.78, 5) is 0. The molecule has 0 unspecified atom stereocenters. The Kier molecular flexibility index (Phi) is 3.30. The first-order valence-electron chi connectivity index (χ1n) is 7.74. The molecule has 23 heavy (non-hydrogen) atoms. The van der Waals surface area contributed by atoms with E-state index < -0.39 is 0 Å². The molecule has 0 spiro atoms. The summed E-state index contributed by atoms with van der Waals surface area (Å²) in [6.07, 6.45) is 0.973. The van der Waals surface area contributed by atoms with Gasteiger partial charge >= 0.3 is 0 Å². The fourth-order valence-corrected chi connectivity index (χ4v) is 3.39. The van der Waals surface area contributed by atoms with Gasteiger partial charge in [-0.2, -0.15) is 0 Å².